The summed E-state index contributed by atoms with van der Waals surface area (Å²) >= 11 is 0. The molecule has 1 aromatic heterocycles. The Morgan fingerprint density at radius 1 is 1.28 bits per heavy atom. The fourth-order valence-corrected chi connectivity index (χ4v) is 2.09. The largest absolute Gasteiger partial charge is 0.359 e. The first-order chi connectivity index (χ1) is 8.75. The van der Waals surface area contributed by atoms with Crippen LogP contribution in [0.2, 0.25) is 0 Å². The Morgan fingerprint density at radius 2 is 2.06 bits per heavy atom. The summed E-state index contributed by atoms with van der Waals surface area (Å²) < 4.78 is 0. The number of carbonyl (C=O) groups excluding carboxylic acids is 1. The highest BCUT2D eigenvalue weighted by Gasteiger charge is 2.25. The van der Waals surface area contributed by atoms with E-state index in [1.165, 1.54) is 0 Å². The van der Waals surface area contributed by atoms with Crippen molar-refractivity contribution in [3.05, 3.63) is 48.2 Å². The molecule has 1 amide bonds. The highest BCUT2D eigenvalue weighted by Crippen LogP contribution is 2.33. The zero-order chi connectivity index (χ0) is 12.5. The lowest BCUT2D eigenvalue weighted by atomic mass is 10.2. The number of carbonyl (C=O) groups is 1. The molecule has 4 nitrogen and oxygen atoms in total. The van der Waals surface area contributed by atoms with E-state index in [1.807, 2.05) is 43.3 Å². The number of nitrogens with zero attached hydrogens (tertiary/aromatic N) is 2. The van der Waals surface area contributed by atoms with E-state index in [0.29, 0.717) is 0 Å². The van der Waals surface area contributed by atoms with E-state index in [2.05, 4.69) is 10.3 Å². The van der Waals surface area contributed by atoms with E-state index in [0.717, 1.165) is 22.8 Å². The van der Waals surface area contributed by atoms with Crippen molar-refractivity contribution in [3.63, 3.8) is 0 Å². The van der Waals surface area contributed by atoms with Crippen LogP contribution in [0.5, 0.6) is 0 Å². The van der Waals surface area contributed by atoms with E-state index in [-0.39, 0.29) is 12.5 Å². The van der Waals surface area contributed by atoms with Gasteiger partial charge in [-0.2, -0.15) is 0 Å². The van der Waals surface area contributed by atoms with E-state index in [1.54, 1.807) is 11.1 Å². The molecule has 0 saturated heterocycles. The molecule has 0 spiro atoms. The second-order valence-electron chi connectivity index (χ2n) is 4.30. The van der Waals surface area contributed by atoms with Crippen LogP contribution in [0, 0.1) is 6.92 Å². The first-order valence-corrected chi connectivity index (χ1v) is 5.84. The number of hydrogen-bond donors (Lipinski definition) is 1. The van der Waals surface area contributed by atoms with E-state index < -0.39 is 0 Å². The molecular formula is C14H13N3O. The lowest BCUT2D eigenvalue weighted by Crippen LogP contribution is -2.36. The number of hydrogen-bond acceptors (Lipinski definition) is 3. The van der Waals surface area contributed by atoms with E-state index in [9.17, 15) is 4.79 Å². The van der Waals surface area contributed by atoms with Gasteiger partial charge in [0.1, 0.15) is 0 Å². The maximum absolute atomic E-state index is 12.1. The number of para-hydroxylation sites is 1. The Kier molecular flexibility index (Phi) is 2.48. The quantitative estimate of drug-likeness (QED) is 0.831. The molecule has 2 heterocycles. The van der Waals surface area contributed by atoms with Crippen LogP contribution in [0.3, 0.4) is 0 Å². The Morgan fingerprint density at radius 3 is 2.83 bits per heavy atom. The van der Waals surface area contributed by atoms with Gasteiger partial charge >= 0.3 is 0 Å². The average Bonchev–Trinajstić information content (AvgIpc) is 2.39. The molecule has 0 atom stereocenters. The van der Waals surface area contributed by atoms with Gasteiger partial charge in [0, 0.05) is 11.9 Å². The lowest BCUT2D eigenvalue weighted by Gasteiger charge is -2.29. The van der Waals surface area contributed by atoms with Crippen LogP contribution in [0.4, 0.5) is 17.2 Å². The molecule has 1 aliphatic rings. The third-order valence-corrected chi connectivity index (χ3v) is 2.92. The topological polar surface area (TPSA) is 45.2 Å². The predicted octanol–water partition coefficient (Wildman–Crippen LogP) is 2.48. The number of aryl methyl sites for hydroxylation is 1. The van der Waals surface area contributed by atoms with Gasteiger partial charge in [0.2, 0.25) is 0 Å². The molecule has 1 N–H and O–H groups in total. The van der Waals surface area contributed by atoms with Crippen LogP contribution in [0.15, 0.2) is 42.6 Å². The predicted molar refractivity (Wildman–Crippen MR) is 71.1 cm³/mol. The fraction of sp³-hybridized carbons (Fsp3) is 0.143. The van der Waals surface area contributed by atoms with E-state index >= 15 is 0 Å². The fourth-order valence-electron chi connectivity index (χ4n) is 2.09. The molecule has 3 rings (SSSR count). The van der Waals surface area contributed by atoms with Gasteiger partial charge in [0.25, 0.3) is 5.91 Å². The molecular weight excluding hydrogens is 226 g/mol. The first kappa shape index (κ1) is 10.8. The number of pyridine rings is 1. The van der Waals surface area contributed by atoms with Crippen molar-refractivity contribution in [1.82, 2.24) is 4.98 Å². The summed E-state index contributed by atoms with van der Waals surface area (Å²) in [4.78, 5) is 18.1. The number of amides is 1. The monoisotopic (exact) mass is 239 g/mol. The highest BCUT2D eigenvalue weighted by atomic mass is 16.2. The van der Waals surface area contributed by atoms with Crippen LogP contribution in [0.1, 0.15) is 5.56 Å². The molecule has 18 heavy (non-hydrogen) atoms. The molecule has 0 radical (unpaired) electrons. The Labute approximate surface area is 105 Å². The number of fused-ring (bicyclic) bond motifs is 1. The van der Waals surface area contributed by atoms with Crippen molar-refractivity contribution in [2.45, 2.75) is 6.92 Å². The summed E-state index contributed by atoms with van der Waals surface area (Å²) in [5, 5.41) is 3.04. The molecule has 2 aromatic rings. The zero-order valence-corrected chi connectivity index (χ0v) is 10.1. The molecule has 90 valence electrons. The third-order valence-electron chi connectivity index (χ3n) is 2.92. The van der Waals surface area contributed by atoms with Crippen molar-refractivity contribution in [2.24, 2.45) is 0 Å². The normalized spacial score (nSPS) is 14.1. The van der Waals surface area contributed by atoms with Crippen molar-refractivity contribution >= 4 is 23.1 Å². The Bertz CT molecular complexity index is 595. The summed E-state index contributed by atoms with van der Waals surface area (Å²) in [6, 6.07) is 11.6. The summed E-state index contributed by atoms with van der Waals surface area (Å²) in [6.07, 6.45) is 1.80. The molecule has 1 aromatic carbocycles. The standard InChI is InChI=1S/C14H13N3O/c1-10-7-12-14(15-8-10)16-9-13(18)17(12)11-5-3-2-4-6-11/h2-8H,9H2,1H3,(H,15,16). The van der Waals surface area contributed by atoms with Crippen LogP contribution >= 0.6 is 0 Å². The first-order valence-electron chi connectivity index (χ1n) is 5.84. The van der Waals surface area contributed by atoms with Gasteiger partial charge in [0.15, 0.2) is 5.82 Å². The van der Waals surface area contributed by atoms with Gasteiger partial charge in [-0.3, -0.25) is 9.69 Å². The summed E-state index contributed by atoms with van der Waals surface area (Å²) in [5.41, 5.74) is 2.72. The van der Waals surface area contributed by atoms with Gasteiger partial charge in [-0.1, -0.05) is 18.2 Å². The van der Waals surface area contributed by atoms with Crippen LogP contribution < -0.4 is 10.2 Å². The highest BCUT2D eigenvalue weighted by molar-refractivity contribution is 6.07. The number of aromatic nitrogens is 1. The summed E-state index contributed by atoms with van der Waals surface area (Å²) in [6.45, 7) is 2.24. The molecule has 0 unspecified atom stereocenters. The number of nitrogens with one attached hydrogen (secondary N) is 1. The zero-order valence-electron chi connectivity index (χ0n) is 10.1. The maximum atomic E-state index is 12.1. The number of benzene rings is 1. The second kappa shape index (κ2) is 4.14. The van der Waals surface area contributed by atoms with Gasteiger partial charge < -0.3 is 5.32 Å². The molecule has 1 aliphatic heterocycles. The van der Waals surface area contributed by atoms with E-state index in [4.69, 9.17) is 0 Å². The van der Waals surface area contributed by atoms with Crippen LogP contribution in [-0.4, -0.2) is 17.4 Å². The number of rotatable bonds is 1. The summed E-state index contributed by atoms with van der Waals surface area (Å²) in [7, 11) is 0. The van der Waals surface area contributed by atoms with Crippen LogP contribution in [-0.2, 0) is 4.79 Å². The minimum Gasteiger partial charge on any atom is -0.359 e. The molecule has 0 fully saturated rings. The van der Waals surface area contributed by atoms with Crippen molar-refractivity contribution in [2.75, 3.05) is 16.8 Å². The lowest BCUT2D eigenvalue weighted by molar-refractivity contribution is -0.116. The van der Waals surface area contributed by atoms with Gasteiger partial charge in [-0.25, -0.2) is 4.98 Å². The summed E-state index contributed by atoms with van der Waals surface area (Å²) in [5.74, 6) is 0.783. The third kappa shape index (κ3) is 1.72. The number of anilines is 3. The Balaban J connectivity index is 2.15. The Hall–Kier alpha value is -2.36. The second-order valence-corrected chi connectivity index (χ2v) is 4.30. The van der Waals surface area contributed by atoms with Crippen LogP contribution in [0.25, 0.3) is 0 Å². The molecule has 0 aliphatic carbocycles. The van der Waals surface area contributed by atoms with Crippen molar-refractivity contribution in [3.8, 4) is 0 Å². The minimum absolute atomic E-state index is 0.0288. The molecule has 0 saturated carbocycles. The SMILES string of the molecule is Cc1cnc2c(c1)N(c1ccccc1)C(=O)CN2. The van der Waals surface area contributed by atoms with Gasteiger partial charge in [0.05, 0.1) is 12.2 Å². The van der Waals surface area contributed by atoms with Crippen molar-refractivity contribution < 1.29 is 4.79 Å². The van der Waals surface area contributed by atoms with Crippen molar-refractivity contribution in [1.29, 1.82) is 0 Å². The average molecular weight is 239 g/mol. The minimum atomic E-state index is 0.0288. The molecule has 0 bridgehead atoms. The van der Waals surface area contributed by atoms with Gasteiger partial charge in [-0.05, 0) is 30.7 Å². The smallest absolute Gasteiger partial charge is 0.251 e. The maximum Gasteiger partial charge on any atom is 0.251 e. The molecule has 4 heteroatoms. The van der Waals surface area contributed by atoms with Gasteiger partial charge in [-0.15, -0.1) is 0 Å².